The molecule has 2 atom stereocenters. The Morgan fingerprint density at radius 3 is 2.89 bits per heavy atom. The zero-order chi connectivity index (χ0) is 12.5. The summed E-state index contributed by atoms with van der Waals surface area (Å²) in [5.74, 6) is 0.942. The summed E-state index contributed by atoms with van der Waals surface area (Å²) in [5, 5.41) is 3.74. The van der Waals surface area contributed by atoms with Gasteiger partial charge in [-0.05, 0) is 37.3 Å². The van der Waals surface area contributed by atoms with Gasteiger partial charge in [-0.25, -0.2) is 0 Å². The molecule has 3 rings (SSSR count). The van der Waals surface area contributed by atoms with Crippen molar-refractivity contribution < 1.29 is 0 Å². The van der Waals surface area contributed by atoms with Gasteiger partial charge >= 0.3 is 0 Å². The highest BCUT2D eigenvalue weighted by Gasteiger charge is 2.36. The van der Waals surface area contributed by atoms with Crippen molar-refractivity contribution in [1.29, 1.82) is 0 Å². The lowest BCUT2D eigenvalue weighted by atomic mass is 10.0. The van der Waals surface area contributed by atoms with Gasteiger partial charge in [-0.15, -0.1) is 11.3 Å². The van der Waals surface area contributed by atoms with Crippen LogP contribution in [0.3, 0.4) is 0 Å². The van der Waals surface area contributed by atoms with Gasteiger partial charge in [0, 0.05) is 36.6 Å². The fourth-order valence-corrected chi connectivity index (χ4v) is 4.04. The van der Waals surface area contributed by atoms with E-state index < -0.39 is 0 Å². The minimum Gasteiger partial charge on any atom is -0.311 e. The predicted octanol–water partition coefficient (Wildman–Crippen LogP) is 3.36. The van der Waals surface area contributed by atoms with Gasteiger partial charge in [0.25, 0.3) is 0 Å². The monoisotopic (exact) mass is 284 g/mol. The maximum absolute atomic E-state index is 6.03. The molecule has 0 bridgehead atoms. The Kier molecular flexibility index (Phi) is 3.94. The lowest BCUT2D eigenvalue weighted by molar-refractivity contribution is 0.113. The van der Waals surface area contributed by atoms with Crippen molar-refractivity contribution in [2.24, 2.45) is 5.92 Å². The molecule has 2 heterocycles. The predicted molar refractivity (Wildman–Crippen MR) is 78.3 cm³/mol. The van der Waals surface area contributed by atoms with E-state index >= 15 is 0 Å². The van der Waals surface area contributed by atoms with Crippen LogP contribution in [0.5, 0.6) is 0 Å². The molecule has 18 heavy (non-hydrogen) atoms. The van der Waals surface area contributed by atoms with E-state index in [0.717, 1.165) is 29.4 Å². The molecule has 0 spiro atoms. The summed E-state index contributed by atoms with van der Waals surface area (Å²) in [6.45, 7) is 5.72. The van der Waals surface area contributed by atoms with Crippen LogP contribution in [0, 0.1) is 5.92 Å². The molecule has 1 aliphatic heterocycles. The lowest BCUT2D eigenvalue weighted by Gasteiger charge is -2.40. The summed E-state index contributed by atoms with van der Waals surface area (Å²) in [6.07, 6.45) is 4.07. The maximum Gasteiger partial charge on any atom is 0.0931 e. The SMILES string of the molecule is CCC1CNC(C2CC2)CN1Cc1ccc(Cl)s1. The van der Waals surface area contributed by atoms with Crippen molar-refractivity contribution in [2.45, 2.75) is 44.8 Å². The molecular formula is C14H21ClN2S. The first-order chi connectivity index (χ1) is 8.76. The highest BCUT2D eigenvalue weighted by molar-refractivity contribution is 7.16. The number of hydrogen-bond acceptors (Lipinski definition) is 3. The van der Waals surface area contributed by atoms with E-state index in [1.807, 2.05) is 6.07 Å². The Hall–Kier alpha value is -0.0900. The number of rotatable bonds is 4. The van der Waals surface area contributed by atoms with E-state index in [-0.39, 0.29) is 0 Å². The minimum absolute atomic E-state index is 0.681. The number of hydrogen-bond donors (Lipinski definition) is 1. The summed E-state index contributed by atoms with van der Waals surface area (Å²) >= 11 is 7.75. The van der Waals surface area contributed by atoms with Gasteiger partial charge in [0.05, 0.1) is 4.34 Å². The van der Waals surface area contributed by atoms with Crippen LogP contribution in [0.2, 0.25) is 4.34 Å². The Morgan fingerprint density at radius 2 is 2.28 bits per heavy atom. The smallest absolute Gasteiger partial charge is 0.0931 e. The summed E-state index contributed by atoms with van der Waals surface area (Å²) < 4.78 is 0.909. The first kappa shape index (κ1) is 12.9. The molecule has 1 N–H and O–H groups in total. The Labute approximate surface area is 118 Å². The molecule has 4 heteroatoms. The van der Waals surface area contributed by atoms with E-state index in [4.69, 9.17) is 11.6 Å². The Bertz CT molecular complexity index is 402. The molecule has 1 saturated heterocycles. The quantitative estimate of drug-likeness (QED) is 0.912. The van der Waals surface area contributed by atoms with Crippen molar-refractivity contribution in [2.75, 3.05) is 13.1 Å². The minimum atomic E-state index is 0.681. The molecule has 1 aromatic heterocycles. The van der Waals surface area contributed by atoms with Crippen LogP contribution in [-0.4, -0.2) is 30.1 Å². The summed E-state index contributed by atoms with van der Waals surface area (Å²) in [6, 6.07) is 5.60. The maximum atomic E-state index is 6.03. The fourth-order valence-electron chi connectivity index (χ4n) is 2.93. The van der Waals surface area contributed by atoms with E-state index in [0.29, 0.717) is 6.04 Å². The Morgan fingerprint density at radius 1 is 1.44 bits per heavy atom. The highest BCUT2D eigenvalue weighted by atomic mass is 35.5. The van der Waals surface area contributed by atoms with Crippen molar-refractivity contribution >= 4 is 22.9 Å². The van der Waals surface area contributed by atoms with Gasteiger partial charge in [-0.3, -0.25) is 4.90 Å². The van der Waals surface area contributed by atoms with Gasteiger partial charge in [0.15, 0.2) is 0 Å². The van der Waals surface area contributed by atoms with E-state index in [2.05, 4.69) is 23.2 Å². The van der Waals surface area contributed by atoms with Crippen LogP contribution in [0.15, 0.2) is 12.1 Å². The largest absolute Gasteiger partial charge is 0.311 e. The van der Waals surface area contributed by atoms with Crippen LogP contribution in [-0.2, 0) is 6.54 Å². The zero-order valence-corrected chi connectivity index (χ0v) is 12.4. The number of piperazine rings is 1. The van der Waals surface area contributed by atoms with Crippen LogP contribution in [0.1, 0.15) is 31.1 Å². The molecule has 2 nitrogen and oxygen atoms in total. The van der Waals surface area contributed by atoms with Gasteiger partial charge in [-0.1, -0.05) is 18.5 Å². The van der Waals surface area contributed by atoms with Crippen molar-refractivity contribution in [1.82, 2.24) is 10.2 Å². The number of nitrogens with one attached hydrogen (secondary N) is 1. The third kappa shape index (κ3) is 2.90. The first-order valence-corrected chi connectivity index (χ1v) is 8.17. The van der Waals surface area contributed by atoms with Crippen molar-refractivity contribution in [3.8, 4) is 0 Å². The lowest BCUT2D eigenvalue weighted by Crippen LogP contribution is -2.56. The van der Waals surface area contributed by atoms with Crippen LogP contribution in [0.4, 0.5) is 0 Å². The molecule has 0 aromatic carbocycles. The summed E-state index contributed by atoms with van der Waals surface area (Å²) in [7, 11) is 0. The second-order valence-corrected chi connectivity index (χ2v) is 7.35. The third-order valence-corrected chi connectivity index (χ3v) is 5.43. The number of thiophene rings is 1. The van der Waals surface area contributed by atoms with Crippen molar-refractivity contribution in [3.63, 3.8) is 0 Å². The standard InChI is InChI=1S/C14H21ClN2S/c1-2-11-7-16-13(10-3-4-10)9-17(11)8-12-5-6-14(15)18-12/h5-6,10-11,13,16H,2-4,7-9H2,1H3. The average molecular weight is 285 g/mol. The third-order valence-electron chi connectivity index (χ3n) is 4.21. The molecule has 0 amide bonds. The van der Waals surface area contributed by atoms with Crippen molar-refractivity contribution in [3.05, 3.63) is 21.3 Å². The van der Waals surface area contributed by atoms with Crippen LogP contribution >= 0.6 is 22.9 Å². The normalized spacial score (nSPS) is 29.7. The zero-order valence-electron chi connectivity index (χ0n) is 10.9. The topological polar surface area (TPSA) is 15.3 Å². The fraction of sp³-hybridized carbons (Fsp3) is 0.714. The Balaban J connectivity index is 1.65. The number of halogens is 1. The molecule has 100 valence electrons. The molecule has 0 radical (unpaired) electrons. The van der Waals surface area contributed by atoms with Gasteiger partial charge in [0.1, 0.15) is 0 Å². The molecule has 1 saturated carbocycles. The molecule has 2 unspecified atom stereocenters. The van der Waals surface area contributed by atoms with Gasteiger partial charge in [0.2, 0.25) is 0 Å². The summed E-state index contributed by atoms with van der Waals surface area (Å²) in [5.41, 5.74) is 0. The second kappa shape index (κ2) is 5.49. The number of nitrogens with zero attached hydrogens (tertiary/aromatic N) is 1. The summed E-state index contributed by atoms with van der Waals surface area (Å²) in [4.78, 5) is 4.05. The van der Waals surface area contributed by atoms with E-state index in [9.17, 15) is 0 Å². The van der Waals surface area contributed by atoms with E-state index in [1.165, 1.54) is 30.7 Å². The van der Waals surface area contributed by atoms with E-state index in [1.54, 1.807) is 11.3 Å². The molecule has 2 fully saturated rings. The highest BCUT2D eigenvalue weighted by Crippen LogP contribution is 2.35. The van der Waals surface area contributed by atoms with Crippen LogP contribution in [0.25, 0.3) is 0 Å². The van der Waals surface area contributed by atoms with Crippen LogP contribution < -0.4 is 5.32 Å². The second-order valence-electron chi connectivity index (χ2n) is 5.55. The molecule has 1 aliphatic carbocycles. The molecule has 1 aromatic rings. The first-order valence-electron chi connectivity index (χ1n) is 6.98. The van der Waals surface area contributed by atoms with Gasteiger partial charge < -0.3 is 5.32 Å². The molecule has 2 aliphatic rings. The average Bonchev–Trinajstić information content (AvgIpc) is 3.14. The molecular weight excluding hydrogens is 264 g/mol. The van der Waals surface area contributed by atoms with Gasteiger partial charge in [-0.2, -0.15) is 0 Å².